The first-order chi connectivity index (χ1) is 17.2. The molecule has 0 spiro atoms. The Bertz CT molecular complexity index is 1100. The van der Waals surface area contributed by atoms with Crippen LogP contribution in [0.1, 0.15) is 68.3 Å². The van der Waals surface area contributed by atoms with E-state index in [1.165, 1.54) is 36.1 Å². The molecule has 0 bridgehead atoms. The molecule has 1 aromatic carbocycles. The van der Waals surface area contributed by atoms with Crippen LogP contribution in [-0.2, 0) is 29.0 Å². The molecule has 0 fully saturated rings. The third kappa shape index (κ3) is 9.80. The average Bonchev–Trinajstić information content (AvgIpc) is 2.84. The number of rotatable bonds is 11. The quantitative estimate of drug-likeness (QED) is 0.252. The van der Waals surface area contributed by atoms with E-state index in [9.17, 15) is 14.4 Å². The van der Waals surface area contributed by atoms with Crippen LogP contribution in [0.15, 0.2) is 47.3 Å². The summed E-state index contributed by atoms with van der Waals surface area (Å²) in [7, 11) is 0. The van der Waals surface area contributed by atoms with E-state index in [0.717, 1.165) is 45.2 Å². The molecule has 0 aliphatic heterocycles. The highest BCUT2D eigenvalue weighted by Crippen LogP contribution is 2.29. The first-order valence-electron chi connectivity index (χ1n) is 12.3. The second kappa shape index (κ2) is 15.5. The fourth-order valence-electron chi connectivity index (χ4n) is 4.24. The van der Waals surface area contributed by atoms with Crippen molar-refractivity contribution in [2.24, 2.45) is 0 Å². The maximum Gasteiger partial charge on any atom is 0.328 e. The van der Waals surface area contributed by atoms with Gasteiger partial charge in [-0.05, 0) is 61.9 Å². The van der Waals surface area contributed by atoms with Gasteiger partial charge in [-0.3, -0.25) is 4.79 Å². The van der Waals surface area contributed by atoms with Gasteiger partial charge in [0.25, 0.3) is 5.56 Å². The lowest BCUT2D eigenvalue weighted by molar-refractivity contribution is -0.134. The van der Waals surface area contributed by atoms with E-state index in [1.54, 1.807) is 6.07 Å². The average molecular weight is 537 g/mol. The topological polar surface area (TPSA) is 109 Å². The van der Waals surface area contributed by atoms with Crippen LogP contribution in [0.2, 0.25) is 10.0 Å². The zero-order chi connectivity index (χ0) is 26.5. The summed E-state index contributed by atoms with van der Waals surface area (Å²) in [5.74, 6) is -2.51. The van der Waals surface area contributed by atoms with E-state index in [4.69, 9.17) is 33.4 Å². The second-order valence-electron chi connectivity index (χ2n) is 8.69. The molecule has 0 saturated heterocycles. The van der Waals surface area contributed by atoms with Crippen molar-refractivity contribution in [3.05, 3.63) is 79.7 Å². The van der Waals surface area contributed by atoms with Gasteiger partial charge in [-0.25, -0.2) is 9.59 Å². The highest BCUT2D eigenvalue weighted by atomic mass is 35.5. The zero-order valence-electron chi connectivity index (χ0n) is 20.5. The summed E-state index contributed by atoms with van der Waals surface area (Å²) in [6.45, 7) is 3.93. The fraction of sp³-hybridized carbons (Fsp3) is 0.444. The maximum absolute atomic E-state index is 12.4. The number of carboxylic acid groups (broad SMARTS) is 2. The number of nitrogens with zero attached hydrogens (tertiary/aromatic N) is 1. The van der Waals surface area contributed by atoms with E-state index in [1.807, 2.05) is 28.8 Å². The molecule has 1 aromatic heterocycles. The fourth-order valence-corrected chi connectivity index (χ4v) is 4.56. The van der Waals surface area contributed by atoms with Gasteiger partial charge in [-0.15, -0.1) is 0 Å². The van der Waals surface area contributed by atoms with E-state index in [0.29, 0.717) is 28.2 Å². The Balaban J connectivity index is 0.000000493. The Kier molecular flexibility index (Phi) is 12.7. The van der Waals surface area contributed by atoms with Gasteiger partial charge < -0.3 is 20.1 Å². The number of fused-ring (bicyclic) bond motifs is 1. The van der Waals surface area contributed by atoms with Crippen molar-refractivity contribution in [1.82, 2.24) is 9.88 Å². The molecule has 1 aliphatic carbocycles. The minimum Gasteiger partial charge on any atom is -0.478 e. The van der Waals surface area contributed by atoms with Crippen LogP contribution >= 0.6 is 23.2 Å². The molecule has 1 atom stereocenters. The van der Waals surface area contributed by atoms with Crippen molar-refractivity contribution in [3.63, 3.8) is 0 Å². The first kappa shape index (κ1) is 29.6. The third-order valence-electron chi connectivity index (χ3n) is 6.00. The van der Waals surface area contributed by atoms with Gasteiger partial charge in [0.15, 0.2) is 0 Å². The van der Waals surface area contributed by atoms with Crippen LogP contribution in [-0.4, -0.2) is 33.3 Å². The van der Waals surface area contributed by atoms with Gasteiger partial charge >= 0.3 is 11.9 Å². The van der Waals surface area contributed by atoms with Gasteiger partial charge in [0.05, 0.1) is 10.0 Å². The number of aliphatic carboxylic acids is 2. The summed E-state index contributed by atoms with van der Waals surface area (Å²) in [5.41, 5.74) is 3.86. The van der Waals surface area contributed by atoms with Gasteiger partial charge in [-0.2, -0.15) is 0 Å². The van der Waals surface area contributed by atoms with Gasteiger partial charge in [-0.1, -0.05) is 61.5 Å². The van der Waals surface area contributed by atoms with Crippen molar-refractivity contribution in [2.45, 2.75) is 70.9 Å². The Morgan fingerprint density at radius 3 is 2.42 bits per heavy atom. The van der Waals surface area contributed by atoms with Crippen LogP contribution in [0.3, 0.4) is 0 Å². The molecule has 36 heavy (non-hydrogen) atoms. The molecule has 0 saturated carbocycles. The van der Waals surface area contributed by atoms with Crippen molar-refractivity contribution in [2.75, 3.05) is 6.54 Å². The molecule has 1 heterocycles. The molecule has 9 heteroatoms. The van der Waals surface area contributed by atoms with Crippen LogP contribution in [0.25, 0.3) is 0 Å². The number of nitrogens with one attached hydrogen (secondary N) is 1. The minimum absolute atomic E-state index is 0.145. The maximum atomic E-state index is 12.4. The van der Waals surface area contributed by atoms with E-state index in [-0.39, 0.29) is 5.56 Å². The highest BCUT2D eigenvalue weighted by molar-refractivity contribution is 6.42. The number of halogens is 2. The minimum atomic E-state index is -1.26. The number of hydrogen-bond acceptors (Lipinski definition) is 4. The monoisotopic (exact) mass is 536 g/mol. The molecule has 7 nitrogen and oxygen atoms in total. The molecule has 3 rings (SSSR count). The highest BCUT2D eigenvalue weighted by Gasteiger charge is 2.22. The number of benzene rings is 1. The predicted molar refractivity (Wildman–Crippen MR) is 143 cm³/mol. The lowest BCUT2D eigenvalue weighted by Crippen LogP contribution is -2.32. The molecular weight excluding hydrogens is 503 g/mol. The van der Waals surface area contributed by atoms with Crippen molar-refractivity contribution in [1.29, 1.82) is 0 Å². The third-order valence-corrected chi connectivity index (χ3v) is 6.74. The number of unbranched alkanes of at least 4 members (excludes halogenated alkanes) is 3. The van der Waals surface area contributed by atoms with Gasteiger partial charge in [0, 0.05) is 36.5 Å². The number of aromatic nitrogens is 1. The predicted octanol–water partition coefficient (Wildman–Crippen LogP) is 5.66. The molecule has 1 unspecified atom stereocenters. The van der Waals surface area contributed by atoms with Crippen LogP contribution in [0, 0.1) is 0 Å². The smallest absolute Gasteiger partial charge is 0.328 e. The van der Waals surface area contributed by atoms with Crippen molar-refractivity contribution >= 4 is 35.1 Å². The SMILES string of the molecule is CCCCCCn1c2c(ccc1=O)C(NCCc1ccc(Cl)c(Cl)c1)CCC2.O=C(O)/C=C/C(=O)O. The number of pyridine rings is 1. The van der Waals surface area contributed by atoms with E-state index in [2.05, 4.69) is 12.2 Å². The molecule has 1 aliphatic rings. The summed E-state index contributed by atoms with van der Waals surface area (Å²) in [6, 6.07) is 9.92. The molecule has 3 N–H and O–H groups in total. The second-order valence-corrected chi connectivity index (χ2v) is 9.51. The summed E-state index contributed by atoms with van der Waals surface area (Å²) < 4.78 is 2.03. The Labute approximate surface area is 221 Å². The normalized spacial score (nSPS) is 14.7. The zero-order valence-corrected chi connectivity index (χ0v) is 22.0. The molecule has 0 radical (unpaired) electrons. The Morgan fingerprint density at radius 2 is 1.78 bits per heavy atom. The van der Waals surface area contributed by atoms with Crippen LogP contribution in [0.4, 0.5) is 0 Å². The van der Waals surface area contributed by atoms with Gasteiger partial charge in [0.1, 0.15) is 0 Å². The lowest BCUT2D eigenvalue weighted by atomic mass is 9.90. The Hall–Kier alpha value is -2.61. The van der Waals surface area contributed by atoms with Crippen LogP contribution < -0.4 is 10.9 Å². The summed E-state index contributed by atoms with van der Waals surface area (Å²) in [6.07, 6.45) is 9.99. The van der Waals surface area contributed by atoms with Crippen LogP contribution in [0.5, 0.6) is 0 Å². The van der Waals surface area contributed by atoms with E-state index < -0.39 is 11.9 Å². The summed E-state index contributed by atoms with van der Waals surface area (Å²) in [4.78, 5) is 31.5. The molecular formula is C27H34Cl2N2O5. The Morgan fingerprint density at radius 1 is 1.06 bits per heavy atom. The lowest BCUT2D eigenvalue weighted by Gasteiger charge is -2.29. The number of carbonyl (C=O) groups is 2. The van der Waals surface area contributed by atoms with Crippen molar-refractivity contribution in [3.8, 4) is 0 Å². The number of hydrogen-bond donors (Lipinski definition) is 3. The molecule has 2 aromatic rings. The van der Waals surface area contributed by atoms with E-state index >= 15 is 0 Å². The van der Waals surface area contributed by atoms with Gasteiger partial charge in [0.2, 0.25) is 0 Å². The molecule has 0 amide bonds. The number of carboxylic acids is 2. The molecule has 196 valence electrons. The van der Waals surface area contributed by atoms with Crippen molar-refractivity contribution < 1.29 is 19.8 Å². The summed E-state index contributed by atoms with van der Waals surface area (Å²) in [5, 5.41) is 20.5. The largest absolute Gasteiger partial charge is 0.478 e. The first-order valence-corrected chi connectivity index (χ1v) is 13.0. The summed E-state index contributed by atoms with van der Waals surface area (Å²) >= 11 is 12.1. The standard InChI is InChI=1S/C23H30Cl2N2O.C4H4O4/c1-2-3-4-5-15-27-22-8-6-7-21(18(22)10-12-23(27)28)26-14-13-17-9-11-19(24)20(25)16-17;5-3(6)1-2-4(7)8/h9-12,16,21,26H,2-8,13-15H2,1H3;1-2H,(H,5,6)(H,7,8)/b;2-1+.